The van der Waals surface area contributed by atoms with Gasteiger partial charge in [0.2, 0.25) is 0 Å². The summed E-state index contributed by atoms with van der Waals surface area (Å²) in [5.74, 6) is -2.95. The number of aliphatic hydroxyl groups is 9. The van der Waals surface area contributed by atoms with Gasteiger partial charge < -0.3 is 88.7 Å². The number of hydrogen-bond acceptors (Lipinski definition) is 24. The standard InChI is InChI=1S/C91H169O25P/c1-5-9-13-17-21-25-29-33-36-40-44-47-51-55-59-63-74(93)107-68-71(110-76(95)65-61-57-53-49-45-41-37-34-30-26-22-18-14-10-6-2)69-109-117(105,106)116-89-87(114-90-84(103)80(99)78(97)72(67-92)111-90)83(102)82(101)86(113-77(96)66-62-58-54-50-46-42-38-35-31-27-23-19-15-11-7-3)88(89)115-91-85(104)81(100)79(98)73(112-91)70-108-75(94)64-60-56-52-48-43-39-32-28-24-20-16-12-8-4/h27,31,71-73,78-92,97-104H,5-26,28-30,32-70H2,1-4H3,(H,105,106)/b31-27-. The molecule has 0 aromatic carbocycles. The highest BCUT2D eigenvalue weighted by Crippen LogP contribution is 2.49. The van der Waals surface area contributed by atoms with Crippen molar-refractivity contribution in [2.45, 2.75) is 517 Å². The molecule has 0 aromatic heterocycles. The van der Waals surface area contributed by atoms with Crippen molar-refractivity contribution in [1.29, 1.82) is 0 Å². The summed E-state index contributed by atoms with van der Waals surface area (Å²) >= 11 is 0. The van der Waals surface area contributed by atoms with Crippen LogP contribution in [0.5, 0.6) is 0 Å². The van der Waals surface area contributed by atoms with E-state index in [1.165, 1.54) is 186 Å². The Kier molecular flexibility index (Phi) is 65.3. The quantitative estimate of drug-likeness (QED) is 0.00889. The minimum Gasteiger partial charge on any atom is -0.463 e. The first-order valence-corrected chi connectivity index (χ1v) is 48.9. The van der Waals surface area contributed by atoms with E-state index in [9.17, 15) is 74.6 Å². The molecule has 18 unspecified atom stereocenters. The summed E-state index contributed by atoms with van der Waals surface area (Å²) in [6, 6.07) is 0. The number of esters is 4. The molecule has 2 aliphatic heterocycles. The third-order valence-electron chi connectivity index (χ3n) is 23.3. The summed E-state index contributed by atoms with van der Waals surface area (Å²) in [6.45, 7) is 5.61. The van der Waals surface area contributed by atoms with E-state index in [2.05, 4.69) is 39.8 Å². The Bertz CT molecular complexity index is 2480. The van der Waals surface area contributed by atoms with Gasteiger partial charge in [-0.25, -0.2) is 4.57 Å². The van der Waals surface area contributed by atoms with Crippen LogP contribution in [-0.2, 0) is 70.7 Å². The predicted octanol–water partition coefficient (Wildman–Crippen LogP) is 17.6. The molecular weight excluding hydrogens is 1520 g/mol. The molecule has 1 saturated carbocycles. The molecule has 0 amide bonds. The molecule has 25 nitrogen and oxygen atoms in total. The van der Waals surface area contributed by atoms with Crippen molar-refractivity contribution in [3.63, 3.8) is 0 Å². The Balaban J connectivity index is 1.92. The molecule has 0 spiro atoms. The molecule has 26 heteroatoms. The summed E-state index contributed by atoms with van der Waals surface area (Å²) in [7, 11) is -5.80. The Morgan fingerprint density at radius 3 is 1.03 bits per heavy atom. The molecule has 0 aromatic rings. The van der Waals surface area contributed by atoms with E-state index in [0.29, 0.717) is 32.1 Å². The first kappa shape index (κ1) is 108. The first-order valence-electron chi connectivity index (χ1n) is 47.4. The Morgan fingerprint density at radius 1 is 0.333 bits per heavy atom. The van der Waals surface area contributed by atoms with Gasteiger partial charge in [0.25, 0.3) is 0 Å². The highest BCUT2D eigenvalue weighted by molar-refractivity contribution is 7.47. The summed E-state index contributed by atoms with van der Waals surface area (Å²) < 4.78 is 73.5. The minimum atomic E-state index is -5.80. The van der Waals surface area contributed by atoms with Crippen molar-refractivity contribution in [3.05, 3.63) is 12.2 Å². The van der Waals surface area contributed by atoms with E-state index in [-0.39, 0.29) is 25.7 Å². The molecule has 3 fully saturated rings. The molecule has 688 valence electrons. The van der Waals surface area contributed by atoms with Gasteiger partial charge >= 0.3 is 31.7 Å². The van der Waals surface area contributed by atoms with Gasteiger partial charge in [0.1, 0.15) is 92.6 Å². The third kappa shape index (κ3) is 50.7. The van der Waals surface area contributed by atoms with Gasteiger partial charge in [-0.2, -0.15) is 0 Å². The lowest BCUT2D eigenvalue weighted by atomic mass is 9.84. The normalized spacial score (nSPS) is 25.0. The average Bonchev–Trinajstić information content (AvgIpc) is 0.754. The van der Waals surface area contributed by atoms with Gasteiger partial charge in [-0.15, -0.1) is 0 Å². The van der Waals surface area contributed by atoms with Crippen LogP contribution >= 0.6 is 7.82 Å². The van der Waals surface area contributed by atoms with Crippen LogP contribution < -0.4 is 0 Å². The molecule has 3 aliphatic rings. The highest BCUT2D eigenvalue weighted by Gasteiger charge is 2.60. The number of carbonyl (C=O) groups excluding carboxylic acids is 4. The van der Waals surface area contributed by atoms with Crippen LogP contribution in [0.25, 0.3) is 0 Å². The number of allylic oxidation sites excluding steroid dienone is 2. The van der Waals surface area contributed by atoms with Crippen molar-refractivity contribution in [2.75, 3.05) is 26.4 Å². The Labute approximate surface area is 705 Å². The molecule has 2 heterocycles. The Morgan fingerprint density at radius 2 is 0.641 bits per heavy atom. The maximum Gasteiger partial charge on any atom is 0.472 e. The van der Waals surface area contributed by atoms with Crippen molar-refractivity contribution in [3.8, 4) is 0 Å². The van der Waals surface area contributed by atoms with Crippen molar-refractivity contribution < 1.29 is 122 Å². The highest BCUT2D eigenvalue weighted by atomic mass is 31.2. The zero-order chi connectivity index (χ0) is 85.4. The number of carbonyl (C=O) groups is 4. The second-order valence-electron chi connectivity index (χ2n) is 33.9. The first-order chi connectivity index (χ1) is 56.7. The topological polar surface area (TPSA) is 380 Å². The monoisotopic (exact) mass is 1690 g/mol. The number of ether oxygens (including phenoxy) is 8. The van der Waals surface area contributed by atoms with Crippen LogP contribution in [0, 0.1) is 0 Å². The van der Waals surface area contributed by atoms with Gasteiger partial charge in [-0.05, 0) is 51.4 Å². The number of hydrogen-bond donors (Lipinski definition) is 10. The van der Waals surface area contributed by atoms with Crippen LogP contribution in [0.4, 0.5) is 0 Å². The lowest BCUT2D eigenvalue weighted by molar-refractivity contribution is -0.360. The molecule has 117 heavy (non-hydrogen) atoms. The fourth-order valence-electron chi connectivity index (χ4n) is 15.7. The van der Waals surface area contributed by atoms with Crippen LogP contribution in [-0.4, -0.2) is 205 Å². The summed E-state index contributed by atoms with van der Waals surface area (Å²) in [4.78, 5) is 66.5. The Hall–Kier alpha value is -2.79. The number of aliphatic hydroxyl groups excluding tert-OH is 9. The van der Waals surface area contributed by atoms with Gasteiger partial charge in [0.15, 0.2) is 24.8 Å². The van der Waals surface area contributed by atoms with Crippen LogP contribution in [0.3, 0.4) is 0 Å². The van der Waals surface area contributed by atoms with Crippen LogP contribution in [0.1, 0.15) is 413 Å². The average molecular weight is 1690 g/mol. The second kappa shape index (κ2) is 70.5. The van der Waals surface area contributed by atoms with E-state index in [0.717, 1.165) is 141 Å². The van der Waals surface area contributed by atoms with E-state index in [4.69, 9.17) is 46.9 Å². The van der Waals surface area contributed by atoms with Crippen molar-refractivity contribution >= 4 is 31.7 Å². The van der Waals surface area contributed by atoms with E-state index < -0.39 is 162 Å². The van der Waals surface area contributed by atoms with Gasteiger partial charge in [-0.1, -0.05) is 348 Å². The number of rotatable bonds is 77. The minimum absolute atomic E-state index is 0.0179. The molecule has 3 rings (SSSR count). The SMILES string of the molecule is CCCCCC/C=C\CCCCCCCCCC(=O)OC1C(O)C(O)C(OC2OC(CO)C(O)C(O)C2O)C(OP(=O)(O)OCC(COC(=O)CCCCCCCCCCCCCCCCC)OC(=O)CCCCCCCCCCCCCCCCC)C1OC1OC(COC(=O)CCCCCCCCCCCCCCC)C(O)C(O)C1O. The lowest BCUT2D eigenvalue weighted by Crippen LogP contribution is -2.70. The van der Waals surface area contributed by atoms with E-state index in [1.807, 2.05) is 0 Å². The van der Waals surface area contributed by atoms with E-state index >= 15 is 0 Å². The van der Waals surface area contributed by atoms with Crippen molar-refractivity contribution in [2.24, 2.45) is 0 Å². The van der Waals surface area contributed by atoms with Gasteiger partial charge in [-0.3, -0.25) is 28.2 Å². The summed E-state index contributed by atoms with van der Waals surface area (Å²) in [5, 5.41) is 102. The summed E-state index contributed by atoms with van der Waals surface area (Å²) in [5.41, 5.74) is 0. The molecule has 2 saturated heterocycles. The number of phosphoric ester groups is 1. The molecule has 10 N–H and O–H groups in total. The molecule has 0 bridgehead atoms. The smallest absolute Gasteiger partial charge is 0.463 e. The lowest BCUT2D eigenvalue weighted by Gasteiger charge is -2.50. The summed E-state index contributed by atoms with van der Waals surface area (Å²) in [6.07, 6.45) is 29.1. The number of unbranched alkanes of at least 4 members (excludes halogenated alkanes) is 51. The third-order valence-corrected chi connectivity index (χ3v) is 24.3. The number of phosphoric acid groups is 1. The predicted molar refractivity (Wildman–Crippen MR) is 453 cm³/mol. The maximum atomic E-state index is 14.9. The maximum absolute atomic E-state index is 14.9. The van der Waals surface area contributed by atoms with Crippen LogP contribution in [0.15, 0.2) is 12.2 Å². The zero-order valence-electron chi connectivity index (χ0n) is 73.3. The van der Waals surface area contributed by atoms with Crippen molar-refractivity contribution in [1.82, 2.24) is 0 Å². The van der Waals surface area contributed by atoms with E-state index in [1.54, 1.807) is 0 Å². The molecule has 1 aliphatic carbocycles. The van der Waals surface area contributed by atoms with Crippen LogP contribution in [0.2, 0.25) is 0 Å². The molecule has 0 radical (unpaired) electrons. The molecule has 18 atom stereocenters. The fraction of sp³-hybridized carbons (Fsp3) is 0.934. The van der Waals surface area contributed by atoms with Gasteiger partial charge in [0, 0.05) is 25.7 Å². The zero-order valence-corrected chi connectivity index (χ0v) is 74.2. The van der Waals surface area contributed by atoms with Gasteiger partial charge in [0.05, 0.1) is 13.2 Å². The molecular formula is C91H169O25P. The fourth-order valence-corrected chi connectivity index (χ4v) is 16.7. The largest absolute Gasteiger partial charge is 0.472 e. The second-order valence-corrected chi connectivity index (χ2v) is 35.3.